The summed E-state index contributed by atoms with van der Waals surface area (Å²) in [4.78, 5) is 4.54. The van der Waals surface area contributed by atoms with Crippen molar-refractivity contribution in [3.63, 3.8) is 0 Å². The van der Waals surface area contributed by atoms with E-state index in [2.05, 4.69) is 39.4 Å². The lowest BCUT2D eigenvalue weighted by Gasteiger charge is -2.12. The van der Waals surface area contributed by atoms with Crippen molar-refractivity contribution >= 4 is 22.7 Å². The summed E-state index contributed by atoms with van der Waals surface area (Å²) in [7, 11) is 2.01. The Balaban J connectivity index is 1.96. The molecule has 0 aliphatic rings. The van der Waals surface area contributed by atoms with Crippen LogP contribution in [0.2, 0.25) is 0 Å². The van der Waals surface area contributed by atoms with Crippen LogP contribution in [0, 0.1) is 6.92 Å². The van der Waals surface area contributed by atoms with Gasteiger partial charge in [-0.2, -0.15) is 11.3 Å². The molecule has 0 radical (unpaired) electrons. The van der Waals surface area contributed by atoms with Crippen LogP contribution < -0.4 is 5.32 Å². The van der Waals surface area contributed by atoms with E-state index in [4.69, 9.17) is 0 Å². The topological polar surface area (TPSA) is 24.9 Å². The molecule has 0 saturated carbocycles. The minimum atomic E-state index is 0.379. The molecule has 0 spiro atoms. The zero-order valence-electron chi connectivity index (χ0n) is 9.56. The van der Waals surface area contributed by atoms with Crippen LogP contribution in [0.15, 0.2) is 22.2 Å². The van der Waals surface area contributed by atoms with E-state index in [0.717, 1.165) is 17.8 Å². The summed E-state index contributed by atoms with van der Waals surface area (Å²) in [6.07, 6.45) is 2.22. The maximum Gasteiger partial charge on any atom is 0.0898 e. The fourth-order valence-electron chi connectivity index (χ4n) is 1.73. The molecule has 0 fully saturated rings. The summed E-state index contributed by atoms with van der Waals surface area (Å²) in [5.74, 6) is 0. The molecule has 16 heavy (non-hydrogen) atoms. The van der Waals surface area contributed by atoms with E-state index in [0.29, 0.717) is 6.04 Å². The maximum atomic E-state index is 4.54. The van der Waals surface area contributed by atoms with Gasteiger partial charge in [0.25, 0.3) is 0 Å². The molecule has 1 unspecified atom stereocenters. The van der Waals surface area contributed by atoms with Crippen molar-refractivity contribution in [3.05, 3.63) is 38.5 Å². The molecule has 1 atom stereocenters. The molecule has 0 aliphatic heterocycles. The molecular formula is C12H16N2S2. The average Bonchev–Trinajstić information content (AvgIpc) is 2.91. The smallest absolute Gasteiger partial charge is 0.0898 e. The van der Waals surface area contributed by atoms with Crippen molar-refractivity contribution in [2.45, 2.75) is 25.8 Å². The second-order valence-electron chi connectivity index (χ2n) is 3.80. The molecule has 0 aliphatic carbocycles. The van der Waals surface area contributed by atoms with Gasteiger partial charge < -0.3 is 5.32 Å². The van der Waals surface area contributed by atoms with Crippen molar-refractivity contribution in [1.29, 1.82) is 0 Å². The molecule has 0 saturated heterocycles. The molecule has 2 rings (SSSR count). The number of aryl methyl sites for hydroxylation is 2. The predicted octanol–water partition coefficient (Wildman–Crippen LogP) is 3.41. The summed E-state index contributed by atoms with van der Waals surface area (Å²) in [6, 6.07) is 2.58. The van der Waals surface area contributed by atoms with E-state index in [1.807, 2.05) is 7.05 Å². The van der Waals surface area contributed by atoms with Crippen molar-refractivity contribution in [1.82, 2.24) is 10.3 Å². The number of aromatic nitrogens is 1. The van der Waals surface area contributed by atoms with Gasteiger partial charge in [0.1, 0.15) is 0 Å². The fourth-order valence-corrected chi connectivity index (χ4v) is 3.10. The minimum Gasteiger partial charge on any atom is -0.312 e. The van der Waals surface area contributed by atoms with Crippen LogP contribution >= 0.6 is 22.7 Å². The van der Waals surface area contributed by atoms with Crippen LogP contribution in [0.3, 0.4) is 0 Å². The zero-order valence-corrected chi connectivity index (χ0v) is 11.2. The number of rotatable bonds is 5. The standard InChI is InChI=1S/C12H16N2S2/c1-9-14-12(8-16-9)11(13-2)4-3-10-5-6-15-7-10/h5-8,11,13H,3-4H2,1-2H3. The molecule has 2 nitrogen and oxygen atoms in total. The summed E-state index contributed by atoms with van der Waals surface area (Å²) in [5, 5.41) is 11.0. The molecule has 4 heteroatoms. The Morgan fingerprint density at radius 1 is 1.44 bits per heavy atom. The Bertz CT molecular complexity index is 420. The molecular weight excluding hydrogens is 236 g/mol. The van der Waals surface area contributed by atoms with Crippen molar-refractivity contribution < 1.29 is 0 Å². The van der Waals surface area contributed by atoms with Gasteiger partial charge >= 0.3 is 0 Å². The first-order valence-electron chi connectivity index (χ1n) is 5.40. The first-order chi connectivity index (χ1) is 7.79. The molecule has 2 aromatic rings. The Morgan fingerprint density at radius 3 is 2.88 bits per heavy atom. The maximum absolute atomic E-state index is 4.54. The average molecular weight is 252 g/mol. The number of thiazole rings is 1. The Morgan fingerprint density at radius 2 is 2.31 bits per heavy atom. The van der Waals surface area contributed by atoms with E-state index in [1.54, 1.807) is 22.7 Å². The lowest BCUT2D eigenvalue weighted by Crippen LogP contribution is -2.17. The number of nitrogens with zero attached hydrogens (tertiary/aromatic N) is 1. The second-order valence-corrected chi connectivity index (χ2v) is 5.65. The van der Waals surface area contributed by atoms with Crippen LogP contribution in [0.4, 0.5) is 0 Å². The van der Waals surface area contributed by atoms with Crippen LogP contribution in [0.1, 0.15) is 28.7 Å². The van der Waals surface area contributed by atoms with Gasteiger partial charge in [0.2, 0.25) is 0 Å². The van der Waals surface area contributed by atoms with Gasteiger partial charge in [0.15, 0.2) is 0 Å². The van der Waals surface area contributed by atoms with Crippen molar-refractivity contribution in [2.24, 2.45) is 0 Å². The number of hydrogen-bond donors (Lipinski definition) is 1. The van der Waals surface area contributed by atoms with Gasteiger partial charge in [-0.1, -0.05) is 0 Å². The Hall–Kier alpha value is -0.710. The Labute approximate surface area is 104 Å². The summed E-state index contributed by atoms with van der Waals surface area (Å²) in [6.45, 7) is 2.06. The monoisotopic (exact) mass is 252 g/mol. The third-order valence-corrected chi connectivity index (χ3v) is 4.17. The van der Waals surface area contributed by atoms with E-state index >= 15 is 0 Å². The molecule has 86 valence electrons. The van der Waals surface area contributed by atoms with Crippen LogP contribution in [0.5, 0.6) is 0 Å². The normalized spacial score (nSPS) is 12.9. The van der Waals surface area contributed by atoms with Gasteiger partial charge in [-0.05, 0) is 49.2 Å². The van der Waals surface area contributed by atoms with Gasteiger partial charge in [0.05, 0.1) is 16.7 Å². The minimum absolute atomic E-state index is 0.379. The quantitative estimate of drug-likeness (QED) is 0.882. The highest BCUT2D eigenvalue weighted by Crippen LogP contribution is 2.21. The summed E-state index contributed by atoms with van der Waals surface area (Å²) >= 11 is 3.49. The fraction of sp³-hybridized carbons (Fsp3) is 0.417. The highest BCUT2D eigenvalue weighted by Gasteiger charge is 2.12. The molecule has 0 bridgehead atoms. The molecule has 1 N–H and O–H groups in total. The largest absolute Gasteiger partial charge is 0.312 e. The first-order valence-corrected chi connectivity index (χ1v) is 7.22. The van der Waals surface area contributed by atoms with Gasteiger partial charge in [-0.3, -0.25) is 0 Å². The number of nitrogens with one attached hydrogen (secondary N) is 1. The third kappa shape index (κ3) is 2.90. The summed E-state index contributed by atoms with van der Waals surface area (Å²) in [5.41, 5.74) is 2.61. The first kappa shape index (κ1) is 11.8. The number of hydrogen-bond acceptors (Lipinski definition) is 4. The van der Waals surface area contributed by atoms with E-state index in [-0.39, 0.29) is 0 Å². The lowest BCUT2D eigenvalue weighted by atomic mass is 10.1. The molecule has 2 aromatic heterocycles. The van der Waals surface area contributed by atoms with Gasteiger partial charge in [-0.25, -0.2) is 4.98 Å². The van der Waals surface area contributed by atoms with E-state index in [1.165, 1.54) is 11.3 Å². The van der Waals surface area contributed by atoms with E-state index in [9.17, 15) is 0 Å². The van der Waals surface area contributed by atoms with Crippen LogP contribution in [-0.2, 0) is 6.42 Å². The second kappa shape index (κ2) is 5.57. The molecule has 2 heterocycles. The van der Waals surface area contributed by atoms with Gasteiger partial charge in [-0.15, -0.1) is 11.3 Å². The Kier molecular flexibility index (Phi) is 4.09. The van der Waals surface area contributed by atoms with E-state index < -0.39 is 0 Å². The van der Waals surface area contributed by atoms with Crippen molar-refractivity contribution in [3.8, 4) is 0 Å². The zero-order chi connectivity index (χ0) is 11.4. The lowest BCUT2D eigenvalue weighted by molar-refractivity contribution is 0.538. The van der Waals surface area contributed by atoms with Crippen LogP contribution in [0.25, 0.3) is 0 Å². The predicted molar refractivity (Wildman–Crippen MR) is 71.3 cm³/mol. The van der Waals surface area contributed by atoms with Crippen LogP contribution in [-0.4, -0.2) is 12.0 Å². The summed E-state index contributed by atoms with van der Waals surface area (Å²) < 4.78 is 0. The molecule has 0 amide bonds. The number of thiophene rings is 1. The highest BCUT2D eigenvalue weighted by molar-refractivity contribution is 7.09. The SMILES string of the molecule is CNC(CCc1ccsc1)c1csc(C)n1. The highest BCUT2D eigenvalue weighted by atomic mass is 32.1. The molecule has 0 aromatic carbocycles. The third-order valence-electron chi connectivity index (χ3n) is 2.64. The van der Waals surface area contributed by atoms with Crippen molar-refractivity contribution in [2.75, 3.05) is 7.05 Å². The van der Waals surface area contributed by atoms with Gasteiger partial charge in [0, 0.05) is 5.38 Å².